The molecule has 0 aromatic rings. The lowest BCUT2D eigenvalue weighted by atomic mass is 9.89. The normalized spacial score (nSPS) is 22.9. The predicted molar refractivity (Wildman–Crippen MR) is 67.0 cm³/mol. The van der Waals surface area contributed by atoms with Crippen molar-refractivity contribution in [2.75, 3.05) is 18.1 Å². The van der Waals surface area contributed by atoms with Gasteiger partial charge in [-0.1, -0.05) is 20.8 Å². The summed E-state index contributed by atoms with van der Waals surface area (Å²) in [6.07, 6.45) is 5.21. The van der Waals surface area contributed by atoms with E-state index < -0.39 is 0 Å². The molecule has 1 N–H and O–H groups in total. The molecule has 1 aliphatic heterocycles. The van der Waals surface area contributed by atoms with Crippen LogP contribution in [0.1, 0.15) is 46.5 Å². The Morgan fingerprint density at radius 1 is 1.21 bits per heavy atom. The van der Waals surface area contributed by atoms with Gasteiger partial charge in [-0.2, -0.15) is 11.8 Å². The fraction of sp³-hybridized carbons (Fsp3) is 1.00. The smallest absolute Gasteiger partial charge is 0.0173 e. The van der Waals surface area contributed by atoms with Gasteiger partial charge >= 0.3 is 0 Å². The summed E-state index contributed by atoms with van der Waals surface area (Å²) in [7, 11) is 0. The molecule has 14 heavy (non-hydrogen) atoms. The van der Waals surface area contributed by atoms with Crippen molar-refractivity contribution in [2.45, 2.75) is 52.0 Å². The molecule has 1 unspecified atom stereocenters. The molecule has 1 fully saturated rings. The summed E-state index contributed by atoms with van der Waals surface area (Å²) >= 11 is 2.12. The molecule has 0 aromatic carbocycles. The molecule has 1 rings (SSSR count). The summed E-state index contributed by atoms with van der Waals surface area (Å²) in [4.78, 5) is 0. The van der Waals surface area contributed by atoms with Crippen LogP contribution >= 0.6 is 11.8 Å². The van der Waals surface area contributed by atoms with Crippen molar-refractivity contribution in [1.82, 2.24) is 5.32 Å². The summed E-state index contributed by atoms with van der Waals surface area (Å²) in [5.41, 5.74) is 0.424. The molecular weight excluding hydrogens is 190 g/mol. The van der Waals surface area contributed by atoms with Gasteiger partial charge < -0.3 is 5.32 Å². The molecule has 1 aliphatic rings. The van der Waals surface area contributed by atoms with Crippen molar-refractivity contribution in [3.8, 4) is 0 Å². The standard InChI is InChI=1S/C12H25NS/c1-4-12(5-2,6-3)13-9-11-7-8-14-10-11/h11,13H,4-10H2,1-3H3. The van der Waals surface area contributed by atoms with Crippen molar-refractivity contribution in [3.63, 3.8) is 0 Å². The minimum atomic E-state index is 0.424. The number of rotatable bonds is 6. The lowest BCUT2D eigenvalue weighted by Gasteiger charge is -2.33. The minimum absolute atomic E-state index is 0.424. The Labute approximate surface area is 93.4 Å². The highest BCUT2D eigenvalue weighted by Gasteiger charge is 2.25. The molecular formula is C12H25NS. The van der Waals surface area contributed by atoms with E-state index >= 15 is 0 Å². The first kappa shape index (κ1) is 12.4. The number of thioether (sulfide) groups is 1. The molecule has 0 saturated carbocycles. The average molecular weight is 215 g/mol. The van der Waals surface area contributed by atoms with Gasteiger partial charge in [0.15, 0.2) is 0 Å². The van der Waals surface area contributed by atoms with Crippen molar-refractivity contribution in [3.05, 3.63) is 0 Å². The molecule has 1 saturated heterocycles. The van der Waals surface area contributed by atoms with Crippen molar-refractivity contribution in [2.24, 2.45) is 5.92 Å². The third-order valence-electron chi connectivity index (χ3n) is 3.82. The van der Waals surface area contributed by atoms with Crippen molar-refractivity contribution >= 4 is 11.8 Å². The Morgan fingerprint density at radius 3 is 2.29 bits per heavy atom. The van der Waals surface area contributed by atoms with Crippen LogP contribution in [0.4, 0.5) is 0 Å². The maximum absolute atomic E-state index is 3.81. The van der Waals surface area contributed by atoms with E-state index in [2.05, 4.69) is 37.8 Å². The molecule has 2 heteroatoms. The third-order valence-corrected chi connectivity index (χ3v) is 5.05. The molecule has 0 radical (unpaired) electrons. The van der Waals surface area contributed by atoms with E-state index in [1.165, 1.54) is 43.7 Å². The van der Waals surface area contributed by atoms with Crippen LogP contribution in [0.2, 0.25) is 0 Å². The Kier molecular flexibility index (Phi) is 5.32. The zero-order chi connectivity index (χ0) is 10.4. The highest BCUT2D eigenvalue weighted by atomic mass is 32.2. The highest BCUT2D eigenvalue weighted by Crippen LogP contribution is 2.25. The van der Waals surface area contributed by atoms with Gasteiger partial charge in [-0.15, -0.1) is 0 Å². The topological polar surface area (TPSA) is 12.0 Å². The molecule has 1 atom stereocenters. The van der Waals surface area contributed by atoms with E-state index in [1.54, 1.807) is 0 Å². The van der Waals surface area contributed by atoms with E-state index in [9.17, 15) is 0 Å². The second-order valence-electron chi connectivity index (χ2n) is 4.45. The van der Waals surface area contributed by atoms with Crippen molar-refractivity contribution in [1.29, 1.82) is 0 Å². The monoisotopic (exact) mass is 215 g/mol. The van der Waals surface area contributed by atoms with Gasteiger partial charge in [0.05, 0.1) is 0 Å². The van der Waals surface area contributed by atoms with Crippen LogP contribution in [0.15, 0.2) is 0 Å². The first-order chi connectivity index (χ1) is 6.76. The van der Waals surface area contributed by atoms with Gasteiger partial charge in [-0.25, -0.2) is 0 Å². The van der Waals surface area contributed by atoms with Crippen LogP contribution in [-0.2, 0) is 0 Å². The van der Waals surface area contributed by atoms with E-state index in [-0.39, 0.29) is 0 Å². The zero-order valence-electron chi connectivity index (χ0n) is 9.94. The summed E-state index contributed by atoms with van der Waals surface area (Å²) < 4.78 is 0. The Balaban J connectivity index is 2.31. The average Bonchev–Trinajstić information content (AvgIpc) is 2.74. The van der Waals surface area contributed by atoms with Gasteiger partial charge in [-0.3, -0.25) is 0 Å². The lowest BCUT2D eigenvalue weighted by molar-refractivity contribution is 0.275. The molecule has 0 amide bonds. The van der Waals surface area contributed by atoms with Crippen LogP contribution in [0.5, 0.6) is 0 Å². The summed E-state index contributed by atoms with van der Waals surface area (Å²) in [5.74, 6) is 3.69. The van der Waals surface area contributed by atoms with E-state index in [0.717, 1.165) is 5.92 Å². The van der Waals surface area contributed by atoms with Gasteiger partial charge in [0.2, 0.25) is 0 Å². The summed E-state index contributed by atoms with van der Waals surface area (Å²) in [5, 5.41) is 3.81. The van der Waals surface area contributed by atoms with Crippen LogP contribution in [-0.4, -0.2) is 23.6 Å². The van der Waals surface area contributed by atoms with Gasteiger partial charge in [0, 0.05) is 5.54 Å². The Morgan fingerprint density at radius 2 is 1.86 bits per heavy atom. The van der Waals surface area contributed by atoms with E-state index in [4.69, 9.17) is 0 Å². The molecule has 1 nitrogen and oxygen atoms in total. The second-order valence-corrected chi connectivity index (χ2v) is 5.60. The van der Waals surface area contributed by atoms with Crippen LogP contribution in [0, 0.1) is 5.92 Å². The van der Waals surface area contributed by atoms with Crippen LogP contribution in [0.25, 0.3) is 0 Å². The van der Waals surface area contributed by atoms with Crippen molar-refractivity contribution < 1.29 is 0 Å². The quantitative estimate of drug-likeness (QED) is 0.729. The molecule has 0 aliphatic carbocycles. The summed E-state index contributed by atoms with van der Waals surface area (Å²) in [6.45, 7) is 8.17. The number of nitrogens with one attached hydrogen (secondary N) is 1. The molecule has 0 spiro atoms. The Bertz CT molecular complexity index is 140. The maximum atomic E-state index is 3.81. The van der Waals surface area contributed by atoms with E-state index in [1.807, 2.05) is 0 Å². The first-order valence-corrected chi connectivity index (χ1v) is 7.24. The van der Waals surface area contributed by atoms with Gasteiger partial charge in [0.1, 0.15) is 0 Å². The summed E-state index contributed by atoms with van der Waals surface area (Å²) in [6, 6.07) is 0. The van der Waals surface area contributed by atoms with Crippen LogP contribution < -0.4 is 5.32 Å². The fourth-order valence-corrected chi connectivity index (χ4v) is 3.51. The minimum Gasteiger partial charge on any atom is -0.311 e. The fourth-order valence-electron chi connectivity index (χ4n) is 2.23. The third kappa shape index (κ3) is 3.16. The number of hydrogen-bond donors (Lipinski definition) is 1. The second kappa shape index (κ2) is 6.02. The molecule has 1 heterocycles. The zero-order valence-corrected chi connectivity index (χ0v) is 10.8. The van der Waals surface area contributed by atoms with Crippen LogP contribution in [0.3, 0.4) is 0 Å². The first-order valence-electron chi connectivity index (χ1n) is 6.09. The number of hydrogen-bond acceptors (Lipinski definition) is 2. The molecule has 0 aromatic heterocycles. The largest absolute Gasteiger partial charge is 0.311 e. The van der Waals surface area contributed by atoms with E-state index in [0.29, 0.717) is 5.54 Å². The maximum Gasteiger partial charge on any atom is 0.0173 e. The van der Waals surface area contributed by atoms with Gasteiger partial charge in [-0.05, 0) is 49.7 Å². The highest BCUT2D eigenvalue weighted by molar-refractivity contribution is 7.99. The Hall–Kier alpha value is 0.310. The van der Waals surface area contributed by atoms with Gasteiger partial charge in [0.25, 0.3) is 0 Å². The SMILES string of the molecule is CCC(CC)(CC)NCC1CCSC1. The molecule has 84 valence electrons. The molecule has 0 bridgehead atoms. The predicted octanol–water partition coefficient (Wildman–Crippen LogP) is 3.30. The lowest BCUT2D eigenvalue weighted by Crippen LogP contribution is -2.45.